The normalized spacial score (nSPS) is 30.2. The second kappa shape index (κ2) is 5.96. The van der Waals surface area contributed by atoms with E-state index in [9.17, 15) is 4.79 Å². The number of benzene rings is 1. The van der Waals surface area contributed by atoms with Gasteiger partial charge in [-0.15, -0.1) is 0 Å². The Balaban J connectivity index is 1.68. The minimum absolute atomic E-state index is 0.160. The van der Waals surface area contributed by atoms with Crippen molar-refractivity contribution >= 4 is 5.91 Å². The van der Waals surface area contributed by atoms with Crippen molar-refractivity contribution in [2.45, 2.75) is 44.2 Å². The summed E-state index contributed by atoms with van der Waals surface area (Å²) in [6.45, 7) is 4.85. The number of carbonyl (C=O) groups excluding carboxylic acids is 1. The average molecular weight is 272 g/mol. The first-order valence-electron chi connectivity index (χ1n) is 7.56. The molecule has 107 valence electrons. The van der Waals surface area contributed by atoms with Crippen LogP contribution in [-0.4, -0.2) is 12.5 Å². The Morgan fingerprint density at radius 1 is 1.20 bits per heavy atom. The number of carbonyl (C=O) groups is 1. The highest BCUT2D eigenvalue weighted by molar-refractivity contribution is 5.78. The third-order valence-corrected chi connectivity index (χ3v) is 4.51. The number of nitrogens with one attached hydrogen (secondary N) is 1. The standard InChI is InChI=1S/C17H22NO2/c1-2-12-9-10-20-16(11-12)14-5-3-13(4-6-14)15-7-8-17(19)18-15/h3-6,12,15-16H,1-2,7-11H2,(H,18,19). The summed E-state index contributed by atoms with van der Waals surface area (Å²) in [7, 11) is 0. The molecule has 1 N–H and O–H groups in total. The maximum atomic E-state index is 11.3. The molecule has 3 atom stereocenters. The fourth-order valence-electron chi connectivity index (χ4n) is 3.17. The van der Waals surface area contributed by atoms with Crippen LogP contribution in [0.15, 0.2) is 24.3 Å². The molecule has 3 rings (SSSR count). The fraction of sp³-hybridized carbons (Fsp3) is 0.529. The summed E-state index contributed by atoms with van der Waals surface area (Å²) in [5, 5.41) is 3.01. The minimum atomic E-state index is 0.160. The molecule has 2 aliphatic rings. The number of hydrogen-bond acceptors (Lipinski definition) is 2. The number of ether oxygens (including phenoxy) is 1. The van der Waals surface area contributed by atoms with E-state index in [-0.39, 0.29) is 18.1 Å². The molecule has 0 aromatic heterocycles. The lowest BCUT2D eigenvalue weighted by Gasteiger charge is -2.29. The molecule has 1 amide bonds. The second-order valence-electron chi connectivity index (χ2n) is 5.86. The van der Waals surface area contributed by atoms with Gasteiger partial charge in [0, 0.05) is 13.0 Å². The molecule has 0 bridgehead atoms. The molecule has 0 aliphatic carbocycles. The summed E-state index contributed by atoms with van der Waals surface area (Å²) in [5.41, 5.74) is 2.44. The van der Waals surface area contributed by atoms with Crippen molar-refractivity contribution in [1.82, 2.24) is 5.32 Å². The van der Waals surface area contributed by atoms with Gasteiger partial charge in [0.15, 0.2) is 0 Å². The lowest BCUT2D eigenvalue weighted by Crippen LogP contribution is -2.20. The van der Waals surface area contributed by atoms with Crippen LogP contribution < -0.4 is 5.32 Å². The predicted octanol–water partition coefficient (Wildman–Crippen LogP) is 3.33. The molecule has 2 heterocycles. The van der Waals surface area contributed by atoms with Crippen molar-refractivity contribution in [3.8, 4) is 0 Å². The Bertz CT molecular complexity index is 468. The van der Waals surface area contributed by atoms with Crippen molar-refractivity contribution in [1.29, 1.82) is 0 Å². The van der Waals surface area contributed by atoms with E-state index in [4.69, 9.17) is 4.74 Å². The van der Waals surface area contributed by atoms with E-state index in [0.717, 1.165) is 32.3 Å². The van der Waals surface area contributed by atoms with Crippen molar-refractivity contribution in [3.63, 3.8) is 0 Å². The third kappa shape index (κ3) is 2.88. The van der Waals surface area contributed by atoms with Gasteiger partial charge < -0.3 is 10.1 Å². The van der Waals surface area contributed by atoms with Gasteiger partial charge in [0.05, 0.1) is 12.1 Å². The molecule has 2 aliphatic heterocycles. The molecule has 1 radical (unpaired) electrons. The van der Waals surface area contributed by atoms with Gasteiger partial charge in [-0.1, -0.05) is 37.6 Å². The minimum Gasteiger partial charge on any atom is -0.374 e. The van der Waals surface area contributed by atoms with Gasteiger partial charge in [0.1, 0.15) is 0 Å². The lowest BCUT2D eigenvalue weighted by molar-refractivity contribution is -0.119. The van der Waals surface area contributed by atoms with E-state index in [1.807, 2.05) is 0 Å². The Morgan fingerprint density at radius 2 is 1.95 bits per heavy atom. The Hall–Kier alpha value is -1.35. The van der Waals surface area contributed by atoms with Crippen molar-refractivity contribution in [2.24, 2.45) is 5.92 Å². The summed E-state index contributed by atoms with van der Waals surface area (Å²) in [5.74, 6) is 0.843. The predicted molar refractivity (Wildman–Crippen MR) is 78.0 cm³/mol. The zero-order chi connectivity index (χ0) is 13.9. The van der Waals surface area contributed by atoms with Crippen molar-refractivity contribution in [3.05, 3.63) is 42.3 Å². The van der Waals surface area contributed by atoms with Gasteiger partial charge in [-0.25, -0.2) is 0 Å². The van der Waals surface area contributed by atoms with Crippen LogP contribution in [0.1, 0.15) is 55.4 Å². The van der Waals surface area contributed by atoms with E-state index in [2.05, 4.69) is 36.5 Å². The molecule has 20 heavy (non-hydrogen) atoms. The molecule has 0 saturated carbocycles. The van der Waals surface area contributed by atoms with Crippen LogP contribution >= 0.6 is 0 Å². The first-order chi connectivity index (χ1) is 9.76. The monoisotopic (exact) mass is 272 g/mol. The lowest BCUT2D eigenvalue weighted by atomic mass is 9.89. The van der Waals surface area contributed by atoms with E-state index in [1.165, 1.54) is 11.1 Å². The molecular formula is C17H22NO2. The average Bonchev–Trinajstić information content (AvgIpc) is 2.94. The maximum Gasteiger partial charge on any atom is 0.220 e. The first-order valence-corrected chi connectivity index (χ1v) is 7.56. The van der Waals surface area contributed by atoms with Gasteiger partial charge >= 0.3 is 0 Å². The molecule has 2 fully saturated rings. The van der Waals surface area contributed by atoms with Gasteiger partial charge in [-0.2, -0.15) is 0 Å². The van der Waals surface area contributed by atoms with E-state index >= 15 is 0 Å². The van der Waals surface area contributed by atoms with Gasteiger partial charge in [-0.3, -0.25) is 4.79 Å². The Labute approximate surface area is 120 Å². The summed E-state index contributed by atoms with van der Waals surface area (Å²) in [6, 6.07) is 8.74. The molecule has 1 aromatic rings. The maximum absolute atomic E-state index is 11.3. The van der Waals surface area contributed by atoms with Crippen LogP contribution in [0.25, 0.3) is 0 Å². The number of amides is 1. The Kier molecular flexibility index (Phi) is 4.06. The molecule has 3 unspecified atom stereocenters. The number of rotatable bonds is 3. The van der Waals surface area contributed by atoms with Gasteiger partial charge in [0.2, 0.25) is 5.91 Å². The highest BCUT2D eigenvalue weighted by atomic mass is 16.5. The van der Waals surface area contributed by atoms with E-state index in [1.54, 1.807) is 0 Å². The molecule has 3 nitrogen and oxygen atoms in total. The zero-order valence-corrected chi connectivity index (χ0v) is 11.8. The highest BCUT2D eigenvalue weighted by Crippen LogP contribution is 2.34. The summed E-state index contributed by atoms with van der Waals surface area (Å²) in [4.78, 5) is 11.3. The largest absolute Gasteiger partial charge is 0.374 e. The van der Waals surface area contributed by atoms with E-state index in [0.29, 0.717) is 12.3 Å². The fourth-order valence-corrected chi connectivity index (χ4v) is 3.17. The SMILES string of the molecule is [CH2]CC1CCOC(c2ccc(C3CCC(=O)N3)cc2)C1. The smallest absolute Gasteiger partial charge is 0.220 e. The second-order valence-corrected chi connectivity index (χ2v) is 5.86. The van der Waals surface area contributed by atoms with Crippen molar-refractivity contribution in [2.75, 3.05) is 6.61 Å². The van der Waals surface area contributed by atoms with Crippen LogP contribution in [0, 0.1) is 12.8 Å². The Morgan fingerprint density at radius 3 is 2.60 bits per heavy atom. The van der Waals surface area contributed by atoms with Crippen LogP contribution in [0.5, 0.6) is 0 Å². The van der Waals surface area contributed by atoms with Crippen LogP contribution in [0.4, 0.5) is 0 Å². The van der Waals surface area contributed by atoms with Crippen molar-refractivity contribution < 1.29 is 9.53 Å². The van der Waals surface area contributed by atoms with Crippen LogP contribution in [0.3, 0.4) is 0 Å². The molecule has 0 spiro atoms. The summed E-state index contributed by atoms with van der Waals surface area (Å²) >= 11 is 0. The number of hydrogen-bond donors (Lipinski definition) is 1. The topological polar surface area (TPSA) is 38.3 Å². The van der Waals surface area contributed by atoms with Crippen LogP contribution in [0.2, 0.25) is 0 Å². The molecule has 2 saturated heterocycles. The van der Waals surface area contributed by atoms with Gasteiger partial charge in [0.25, 0.3) is 0 Å². The summed E-state index contributed by atoms with van der Waals surface area (Å²) < 4.78 is 5.88. The van der Waals surface area contributed by atoms with Gasteiger partial charge in [-0.05, 0) is 36.3 Å². The van der Waals surface area contributed by atoms with E-state index < -0.39 is 0 Å². The van der Waals surface area contributed by atoms with Crippen LogP contribution in [-0.2, 0) is 9.53 Å². The highest BCUT2D eigenvalue weighted by Gasteiger charge is 2.24. The molecule has 3 heteroatoms. The first kappa shape index (κ1) is 13.6. The molecular weight excluding hydrogens is 250 g/mol. The zero-order valence-electron chi connectivity index (χ0n) is 11.8. The molecule has 1 aromatic carbocycles. The summed E-state index contributed by atoms with van der Waals surface area (Å²) in [6.07, 6.45) is 4.95. The third-order valence-electron chi connectivity index (χ3n) is 4.51. The quantitative estimate of drug-likeness (QED) is 0.916.